The van der Waals surface area contributed by atoms with Gasteiger partial charge in [-0.05, 0) is 64.0 Å². The van der Waals surface area contributed by atoms with Gasteiger partial charge in [-0.3, -0.25) is 4.79 Å². The number of ketones is 1. The quantitative estimate of drug-likeness (QED) is 0.578. The van der Waals surface area contributed by atoms with Crippen molar-refractivity contribution in [3.8, 4) is 0 Å². The smallest absolute Gasteiger partial charge is 0.136 e. The molecule has 0 unspecified atom stereocenters. The van der Waals surface area contributed by atoms with Crippen LogP contribution in [-0.2, 0) is 9.53 Å². The van der Waals surface area contributed by atoms with E-state index >= 15 is 0 Å². The van der Waals surface area contributed by atoms with Gasteiger partial charge in [0.1, 0.15) is 5.78 Å². The third-order valence-electron chi connectivity index (χ3n) is 5.00. The minimum atomic E-state index is 0.128. The SMILES string of the molecule is CC1=C2CC/C(C)=C/CC[C@@H](C)C(=O)CC/C(C)=C\[C@H]2OC1. The number of rotatable bonds is 0. The highest BCUT2D eigenvalue weighted by Gasteiger charge is 2.22. The molecule has 1 aliphatic heterocycles. The molecule has 0 amide bonds. The molecule has 2 aliphatic rings. The summed E-state index contributed by atoms with van der Waals surface area (Å²) < 4.78 is 5.93. The summed E-state index contributed by atoms with van der Waals surface area (Å²) in [5, 5.41) is 0. The second-order valence-electron chi connectivity index (χ2n) is 7.05. The van der Waals surface area contributed by atoms with Crippen molar-refractivity contribution in [3.05, 3.63) is 34.4 Å². The van der Waals surface area contributed by atoms with Crippen LogP contribution in [0.4, 0.5) is 0 Å². The van der Waals surface area contributed by atoms with Gasteiger partial charge in [0, 0.05) is 12.3 Å². The Hall–Kier alpha value is -1.15. The van der Waals surface area contributed by atoms with Crippen molar-refractivity contribution in [1.82, 2.24) is 0 Å². The molecule has 1 aliphatic carbocycles. The van der Waals surface area contributed by atoms with Crippen molar-refractivity contribution in [1.29, 1.82) is 0 Å². The number of allylic oxidation sites excluding steroid dienone is 3. The molecule has 0 radical (unpaired) electrons. The van der Waals surface area contributed by atoms with Crippen molar-refractivity contribution in [2.75, 3.05) is 6.61 Å². The monoisotopic (exact) mass is 302 g/mol. The molecule has 0 aromatic heterocycles. The molecule has 122 valence electrons. The highest BCUT2D eigenvalue weighted by atomic mass is 16.5. The van der Waals surface area contributed by atoms with Gasteiger partial charge in [0.15, 0.2) is 0 Å². The minimum absolute atomic E-state index is 0.128. The lowest BCUT2D eigenvalue weighted by Crippen LogP contribution is -2.12. The number of hydrogen-bond acceptors (Lipinski definition) is 2. The van der Waals surface area contributed by atoms with Crippen LogP contribution >= 0.6 is 0 Å². The highest BCUT2D eigenvalue weighted by Crippen LogP contribution is 2.29. The maximum Gasteiger partial charge on any atom is 0.136 e. The Morgan fingerprint density at radius 3 is 2.55 bits per heavy atom. The first-order chi connectivity index (χ1) is 10.5. The summed E-state index contributed by atoms with van der Waals surface area (Å²) in [7, 11) is 0. The van der Waals surface area contributed by atoms with Crippen LogP contribution < -0.4 is 0 Å². The Morgan fingerprint density at radius 2 is 1.77 bits per heavy atom. The van der Waals surface area contributed by atoms with Crippen LogP contribution in [0.1, 0.15) is 66.2 Å². The van der Waals surface area contributed by atoms with Gasteiger partial charge in [0.2, 0.25) is 0 Å². The zero-order valence-corrected chi connectivity index (χ0v) is 14.6. The summed E-state index contributed by atoms with van der Waals surface area (Å²) in [6.07, 6.45) is 10.4. The van der Waals surface area contributed by atoms with Gasteiger partial charge in [-0.15, -0.1) is 0 Å². The summed E-state index contributed by atoms with van der Waals surface area (Å²) in [5.74, 6) is 0.579. The van der Waals surface area contributed by atoms with Crippen LogP contribution in [0.25, 0.3) is 0 Å². The van der Waals surface area contributed by atoms with Crippen LogP contribution in [-0.4, -0.2) is 18.5 Å². The van der Waals surface area contributed by atoms with Crippen molar-refractivity contribution >= 4 is 5.78 Å². The zero-order valence-electron chi connectivity index (χ0n) is 14.6. The molecule has 0 bridgehead atoms. The van der Waals surface area contributed by atoms with Crippen LogP contribution in [0.5, 0.6) is 0 Å². The fourth-order valence-corrected chi connectivity index (χ4v) is 3.24. The van der Waals surface area contributed by atoms with Crippen LogP contribution in [0.3, 0.4) is 0 Å². The van der Waals surface area contributed by atoms with E-state index in [0.29, 0.717) is 12.2 Å². The predicted molar refractivity (Wildman–Crippen MR) is 91.8 cm³/mol. The largest absolute Gasteiger partial charge is 0.365 e. The van der Waals surface area contributed by atoms with Gasteiger partial charge in [-0.25, -0.2) is 0 Å². The van der Waals surface area contributed by atoms with E-state index in [1.807, 2.05) is 0 Å². The van der Waals surface area contributed by atoms with E-state index in [9.17, 15) is 4.79 Å². The van der Waals surface area contributed by atoms with E-state index in [4.69, 9.17) is 4.74 Å². The maximum absolute atomic E-state index is 12.2. The van der Waals surface area contributed by atoms with Crippen molar-refractivity contribution in [3.63, 3.8) is 0 Å². The Morgan fingerprint density at radius 1 is 1.05 bits per heavy atom. The fourth-order valence-electron chi connectivity index (χ4n) is 3.24. The Bertz CT molecular complexity index is 508. The van der Waals surface area contributed by atoms with Crippen molar-refractivity contribution < 1.29 is 9.53 Å². The van der Waals surface area contributed by atoms with Gasteiger partial charge in [-0.2, -0.15) is 0 Å². The minimum Gasteiger partial charge on any atom is -0.365 e. The number of carbonyl (C=O) groups excluding carboxylic acids is 1. The lowest BCUT2D eigenvalue weighted by molar-refractivity contribution is -0.122. The van der Waals surface area contributed by atoms with E-state index in [2.05, 4.69) is 39.8 Å². The molecule has 2 heteroatoms. The predicted octanol–water partition coefficient (Wildman–Crippen LogP) is 5.15. The third kappa shape index (κ3) is 4.67. The molecule has 0 N–H and O–H groups in total. The summed E-state index contributed by atoms with van der Waals surface area (Å²) in [6.45, 7) is 9.35. The van der Waals surface area contributed by atoms with E-state index < -0.39 is 0 Å². The van der Waals surface area contributed by atoms with Crippen LogP contribution in [0, 0.1) is 5.92 Å². The van der Waals surface area contributed by atoms with E-state index in [-0.39, 0.29) is 12.0 Å². The van der Waals surface area contributed by atoms with Crippen molar-refractivity contribution in [2.45, 2.75) is 72.3 Å². The first-order valence-corrected chi connectivity index (χ1v) is 8.63. The molecule has 1 heterocycles. The third-order valence-corrected chi connectivity index (χ3v) is 5.00. The van der Waals surface area contributed by atoms with Gasteiger partial charge >= 0.3 is 0 Å². The number of Topliss-reactive ketones (excluding diaryl/α,β-unsaturated/α-hetero) is 1. The second-order valence-corrected chi connectivity index (χ2v) is 7.05. The summed E-state index contributed by atoms with van der Waals surface area (Å²) in [6, 6.07) is 0. The zero-order chi connectivity index (χ0) is 16.1. The summed E-state index contributed by atoms with van der Waals surface area (Å²) >= 11 is 0. The lowest BCUT2D eigenvalue weighted by atomic mass is 9.92. The molecular weight excluding hydrogens is 272 g/mol. The number of ether oxygens (including phenoxy) is 1. The topological polar surface area (TPSA) is 26.3 Å². The molecule has 2 rings (SSSR count). The molecule has 0 spiro atoms. The number of hydrogen-bond donors (Lipinski definition) is 0. The van der Waals surface area contributed by atoms with Gasteiger partial charge in [0.25, 0.3) is 0 Å². The summed E-state index contributed by atoms with van der Waals surface area (Å²) in [4.78, 5) is 12.2. The first-order valence-electron chi connectivity index (χ1n) is 8.63. The Labute approximate surface area is 135 Å². The molecule has 22 heavy (non-hydrogen) atoms. The van der Waals surface area contributed by atoms with Gasteiger partial charge in [-0.1, -0.05) is 30.2 Å². The van der Waals surface area contributed by atoms with Gasteiger partial charge < -0.3 is 4.74 Å². The standard InChI is InChI=1S/C20H30O2/c1-14-6-5-7-16(3)19(21)11-9-15(2)12-20-18(10-8-14)17(4)13-22-20/h6,12,16,20H,5,7-11,13H2,1-4H3/b14-6+,15-12-/t16-,20-/m1/s1. The molecule has 2 nitrogen and oxygen atoms in total. The van der Waals surface area contributed by atoms with E-state index in [0.717, 1.165) is 38.7 Å². The molecule has 0 aromatic rings. The fraction of sp³-hybridized carbons (Fsp3) is 0.650. The lowest BCUT2D eigenvalue weighted by Gasteiger charge is -2.15. The average Bonchev–Trinajstić information content (AvgIpc) is 2.82. The highest BCUT2D eigenvalue weighted by molar-refractivity contribution is 5.80. The number of fused-ring (bicyclic) bond motifs is 1. The second kappa shape index (κ2) is 7.92. The molecule has 0 aromatic carbocycles. The Balaban J connectivity index is 2.17. The average molecular weight is 302 g/mol. The maximum atomic E-state index is 12.2. The normalized spacial score (nSPS) is 33.5. The molecule has 0 fully saturated rings. The molecular formula is C20H30O2. The molecule has 0 saturated carbocycles. The van der Waals surface area contributed by atoms with Gasteiger partial charge in [0.05, 0.1) is 12.7 Å². The Kier molecular flexibility index (Phi) is 6.19. The summed E-state index contributed by atoms with van der Waals surface area (Å²) in [5.41, 5.74) is 5.55. The van der Waals surface area contributed by atoms with Crippen LogP contribution in [0.2, 0.25) is 0 Å². The first kappa shape index (κ1) is 17.2. The number of carbonyl (C=O) groups is 1. The van der Waals surface area contributed by atoms with Crippen molar-refractivity contribution in [2.24, 2.45) is 5.92 Å². The van der Waals surface area contributed by atoms with E-state index in [1.54, 1.807) is 0 Å². The van der Waals surface area contributed by atoms with E-state index in [1.165, 1.54) is 22.3 Å². The molecule has 0 saturated heterocycles. The molecule has 2 atom stereocenters. The van der Waals surface area contributed by atoms with Crippen LogP contribution in [0.15, 0.2) is 34.4 Å².